The third kappa shape index (κ3) is 1.34. The number of carbonyl (C=O) groups excluding carboxylic acids is 2. The van der Waals surface area contributed by atoms with Crippen LogP contribution >= 0.6 is 0 Å². The highest BCUT2D eigenvalue weighted by Crippen LogP contribution is 2.36. The highest BCUT2D eigenvalue weighted by atomic mass is 16.2. The van der Waals surface area contributed by atoms with Gasteiger partial charge >= 0.3 is 0 Å². The van der Waals surface area contributed by atoms with E-state index < -0.39 is 5.54 Å². The van der Waals surface area contributed by atoms with Gasteiger partial charge in [0.2, 0.25) is 12.3 Å². The first-order valence-electron chi connectivity index (χ1n) is 3.55. The molecule has 0 aromatic heterocycles. The molecule has 0 heterocycles. The van der Waals surface area contributed by atoms with Crippen LogP contribution in [0.25, 0.3) is 0 Å². The van der Waals surface area contributed by atoms with E-state index in [0.717, 1.165) is 12.8 Å². The second kappa shape index (κ2) is 2.53. The van der Waals surface area contributed by atoms with Crippen molar-refractivity contribution in [1.82, 2.24) is 10.2 Å². The lowest BCUT2D eigenvalue weighted by Crippen LogP contribution is -2.45. The SMILES string of the molecule is CN(C)C(=O)C1(NC=O)CC1. The van der Waals surface area contributed by atoms with Gasteiger partial charge < -0.3 is 10.2 Å². The van der Waals surface area contributed by atoms with Crippen LogP contribution in [0, 0.1) is 0 Å². The molecule has 1 saturated carbocycles. The van der Waals surface area contributed by atoms with Crippen molar-refractivity contribution in [1.29, 1.82) is 0 Å². The quantitative estimate of drug-likeness (QED) is 0.552. The molecule has 0 atom stereocenters. The van der Waals surface area contributed by atoms with Crippen LogP contribution in [-0.4, -0.2) is 36.9 Å². The van der Waals surface area contributed by atoms with E-state index in [-0.39, 0.29) is 5.91 Å². The van der Waals surface area contributed by atoms with Crippen LogP contribution in [0.3, 0.4) is 0 Å². The zero-order valence-corrected chi connectivity index (χ0v) is 6.76. The second-order valence-corrected chi connectivity index (χ2v) is 3.04. The lowest BCUT2D eigenvalue weighted by Gasteiger charge is -2.18. The van der Waals surface area contributed by atoms with E-state index >= 15 is 0 Å². The Balaban J connectivity index is 2.58. The molecule has 1 aliphatic rings. The first kappa shape index (κ1) is 8.04. The molecular weight excluding hydrogens is 144 g/mol. The van der Waals surface area contributed by atoms with Crippen molar-refractivity contribution in [2.24, 2.45) is 0 Å². The van der Waals surface area contributed by atoms with Crippen LogP contribution in [0.4, 0.5) is 0 Å². The summed E-state index contributed by atoms with van der Waals surface area (Å²) in [6.07, 6.45) is 2.12. The minimum Gasteiger partial charge on any atom is -0.347 e. The van der Waals surface area contributed by atoms with E-state index in [1.165, 1.54) is 4.90 Å². The van der Waals surface area contributed by atoms with Gasteiger partial charge in [-0.1, -0.05) is 0 Å². The molecule has 1 fully saturated rings. The molecule has 4 nitrogen and oxygen atoms in total. The normalized spacial score (nSPS) is 18.7. The Morgan fingerprint density at radius 2 is 2.09 bits per heavy atom. The van der Waals surface area contributed by atoms with E-state index in [1.807, 2.05) is 0 Å². The number of nitrogens with zero attached hydrogens (tertiary/aromatic N) is 1. The van der Waals surface area contributed by atoms with Crippen LogP contribution < -0.4 is 5.32 Å². The second-order valence-electron chi connectivity index (χ2n) is 3.04. The number of likely N-dealkylation sites (N-methyl/N-ethyl adjacent to an activating group) is 1. The standard InChI is InChI=1S/C7H12N2O2/c1-9(2)6(11)7(3-4-7)8-5-10/h5H,3-4H2,1-2H3,(H,8,10). The topological polar surface area (TPSA) is 49.4 Å². The Morgan fingerprint density at radius 3 is 2.36 bits per heavy atom. The van der Waals surface area contributed by atoms with Gasteiger partial charge in [0.25, 0.3) is 0 Å². The maximum Gasteiger partial charge on any atom is 0.247 e. The fourth-order valence-electron chi connectivity index (χ4n) is 1.09. The van der Waals surface area contributed by atoms with Crippen LogP contribution in [0.2, 0.25) is 0 Å². The molecule has 4 heteroatoms. The van der Waals surface area contributed by atoms with Crippen molar-refractivity contribution in [2.75, 3.05) is 14.1 Å². The minimum atomic E-state index is -0.550. The van der Waals surface area contributed by atoms with E-state index in [1.54, 1.807) is 14.1 Å². The molecule has 0 aromatic carbocycles. The Bertz CT molecular complexity index is 185. The lowest BCUT2D eigenvalue weighted by molar-refractivity contribution is -0.133. The first-order valence-corrected chi connectivity index (χ1v) is 3.55. The summed E-state index contributed by atoms with van der Waals surface area (Å²) in [4.78, 5) is 22.9. The molecule has 0 spiro atoms. The predicted molar refractivity (Wildman–Crippen MR) is 39.9 cm³/mol. The molecule has 1 aliphatic carbocycles. The molecule has 0 saturated heterocycles. The number of carbonyl (C=O) groups is 2. The number of amides is 2. The molecular formula is C7H12N2O2. The summed E-state index contributed by atoms with van der Waals surface area (Å²) in [5.74, 6) is -0.00963. The van der Waals surface area contributed by atoms with Gasteiger partial charge in [-0.25, -0.2) is 0 Å². The minimum absolute atomic E-state index is 0.00963. The Kier molecular flexibility index (Phi) is 1.85. The van der Waals surface area contributed by atoms with E-state index in [9.17, 15) is 9.59 Å². The van der Waals surface area contributed by atoms with Crippen LogP contribution in [0.15, 0.2) is 0 Å². The first-order chi connectivity index (χ1) is 5.12. The average molecular weight is 156 g/mol. The zero-order valence-electron chi connectivity index (χ0n) is 6.76. The smallest absolute Gasteiger partial charge is 0.247 e. The fourth-order valence-corrected chi connectivity index (χ4v) is 1.09. The highest BCUT2D eigenvalue weighted by molar-refractivity contribution is 5.90. The third-order valence-corrected chi connectivity index (χ3v) is 1.90. The summed E-state index contributed by atoms with van der Waals surface area (Å²) in [7, 11) is 3.38. The van der Waals surface area contributed by atoms with E-state index in [0.29, 0.717) is 6.41 Å². The van der Waals surface area contributed by atoms with Crippen molar-refractivity contribution in [3.8, 4) is 0 Å². The van der Waals surface area contributed by atoms with Gasteiger partial charge in [0, 0.05) is 14.1 Å². The van der Waals surface area contributed by atoms with Gasteiger partial charge in [0.1, 0.15) is 5.54 Å². The van der Waals surface area contributed by atoms with Crippen molar-refractivity contribution in [3.05, 3.63) is 0 Å². The molecule has 0 radical (unpaired) electrons. The van der Waals surface area contributed by atoms with Gasteiger partial charge in [-0.3, -0.25) is 9.59 Å². The molecule has 2 amide bonds. The number of hydrogen-bond acceptors (Lipinski definition) is 2. The fraction of sp³-hybridized carbons (Fsp3) is 0.714. The molecule has 0 bridgehead atoms. The van der Waals surface area contributed by atoms with Crippen LogP contribution in [-0.2, 0) is 9.59 Å². The zero-order chi connectivity index (χ0) is 8.48. The van der Waals surface area contributed by atoms with Crippen molar-refractivity contribution in [3.63, 3.8) is 0 Å². The Hall–Kier alpha value is -1.06. The molecule has 62 valence electrons. The number of hydrogen-bond donors (Lipinski definition) is 1. The van der Waals surface area contributed by atoms with Crippen LogP contribution in [0.1, 0.15) is 12.8 Å². The van der Waals surface area contributed by atoms with E-state index in [2.05, 4.69) is 5.32 Å². The van der Waals surface area contributed by atoms with E-state index in [4.69, 9.17) is 0 Å². The summed E-state index contributed by atoms with van der Waals surface area (Å²) in [5, 5.41) is 2.54. The van der Waals surface area contributed by atoms with Crippen molar-refractivity contribution < 1.29 is 9.59 Å². The Morgan fingerprint density at radius 1 is 1.55 bits per heavy atom. The van der Waals surface area contributed by atoms with Crippen LogP contribution in [0.5, 0.6) is 0 Å². The average Bonchev–Trinajstić information content (AvgIpc) is 2.69. The summed E-state index contributed by atoms with van der Waals surface area (Å²) >= 11 is 0. The summed E-state index contributed by atoms with van der Waals surface area (Å²) in [6.45, 7) is 0. The third-order valence-electron chi connectivity index (χ3n) is 1.90. The Labute approximate surface area is 65.6 Å². The van der Waals surface area contributed by atoms with Gasteiger partial charge in [-0.15, -0.1) is 0 Å². The van der Waals surface area contributed by atoms with Gasteiger partial charge in [-0.2, -0.15) is 0 Å². The molecule has 0 unspecified atom stereocenters. The molecule has 1 rings (SSSR count). The van der Waals surface area contributed by atoms with Crippen molar-refractivity contribution >= 4 is 12.3 Å². The lowest BCUT2D eigenvalue weighted by atomic mass is 10.2. The molecule has 1 N–H and O–H groups in total. The predicted octanol–water partition coefficient (Wildman–Crippen LogP) is -0.647. The summed E-state index contributed by atoms with van der Waals surface area (Å²) in [5.41, 5.74) is -0.550. The number of nitrogens with one attached hydrogen (secondary N) is 1. The maximum absolute atomic E-state index is 11.3. The molecule has 11 heavy (non-hydrogen) atoms. The van der Waals surface area contributed by atoms with Gasteiger partial charge in [-0.05, 0) is 12.8 Å². The van der Waals surface area contributed by atoms with Gasteiger partial charge in [0.05, 0.1) is 0 Å². The maximum atomic E-state index is 11.3. The number of rotatable bonds is 3. The molecule has 0 aromatic rings. The van der Waals surface area contributed by atoms with Crippen molar-refractivity contribution in [2.45, 2.75) is 18.4 Å². The highest BCUT2D eigenvalue weighted by Gasteiger charge is 2.50. The summed E-state index contributed by atoms with van der Waals surface area (Å²) in [6, 6.07) is 0. The summed E-state index contributed by atoms with van der Waals surface area (Å²) < 4.78 is 0. The molecule has 0 aliphatic heterocycles. The largest absolute Gasteiger partial charge is 0.347 e. The monoisotopic (exact) mass is 156 g/mol. The van der Waals surface area contributed by atoms with Gasteiger partial charge in [0.15, 0.2) is 0 Å².